The van der Waals surface area contributed by atoms with Crippen LogP contribution in [0.15, 0.2) is 67.1 Å². The molecule has 3 heterocycles. The summed E-state index contributed by atoms with van der Waals surface area (Å²) in [6, 6.07) is 17.2. The predicted molar refractivity (Wildman–Crippen MR) is 121 cm³/mol. The van der Waals surface area contributed by atoms with Gasteiger partial charge in [0.1, 0.15) is 23.5 Å². The van der Waals surface area contributed by atoms with Gasteiger partial charge in [-0.1, -0.05) is 59.8 Å². The zero-order chi connectivity index (χ0) is 22.1. The van der Waals surface area contributed by atoms with Gasteiger partial charge in [-0.25, -0.2) is 14.6 Å². The van der Waals surface area contributed by atoms with Crippen molar-refractivity contribution < 1.29 is 4.79 Å². The van der Waals surface area contributed by atoms with Crippen LogP contribution in [0.3, 0.4) is 0 Å². The summed E-state index contributed by atoms with van der Waals surface area (Å²) in [5.41, 5.74) is 10.9. The molecule has 2 aromatic carbocycles. The SMILES string of the molecule is CC(=O)c1ccc(-c2cn(CCn3nc(-c4ccccc4)c4c(N)ncnc43)nn2)cc1. The highest BCUT2D eigenvalue weighted by Gasteiger charge is 2.17. The van der Waals surface area contributed by atoms with E-state index < -0.39 is 0 Å². The fourth-order valence-electron chi connectivity index (χ4n) is 3.60. The molecule has 0 fully saturated rings. The highest BCUT2D eigenvalue weighted by atomic mass is 16.1. The molecule has 5 aromatic rings. The molecule has 9 nitrogen and oxygen atoms in total. The quantitative estimate of drug-likeness (QED) is 0.416. The van der Waals surface area contributed by atoms with Gasteiger partial charge in [-0.15, -0.1) is 5.10 Å². The molecular formula is C23H20N8O. The average Bonchev–Trinajstić information content (AvgIpc) is 3.44. The highest BCUT2D eigenvalue weighted by Crippen LogP contribution is 2.29. The summed E-state index contributed by atoms with van der Waals surface area (Å²) >= 11 is 0. The number of nitrogens with two attached hydrogens (primary N) is 1. The Balaban J connectivity index is 1.41. The first-order valence-electron chi connectivity index (χ1n) is 10.1. The molecule has 3 aromatic heterocycles. The second-order valence-corrected chi connectivity index (χ2v) is 7.40. The van der Waals surface area contributed by atoms with Gasteiger partial charge >= 0.3 is 0 Å². The summed E-state index contributed by atoms with van der Waals surface area (Å²) in [5, 5.41) is 14.0. The van der Waals surface area contributed by atoms with E-state index in [2.05, 4.69) is 20.3 Å². The van der Waals surface area contributed by atoms with Crippen LogP contribution in [0.2, 0.25) is 0 Å². The minimum atomic E-state index is 0.0333. The van der Waals surface area contributed by atoms with E-state index in [9.17, 15) is 4.79 Å². The number of benzene rings is 2. The number of nitrogen functional groups attached to an aromatic ring is 1. The molecule has 0 aliphatic heterocycles. The van der Waals surface area contributed by atoms with Gasteiger partial charge in [0.05, 0.1) is 24.7 Å². The van der Waals surface area contributed by atoms with Crippen molar-refractivity contribution in [2.24, 2.45) is 0 Å². The maximum absolute atomic E-state index is 11.5. The van der Waals surface area contributed by atoms with Crippen molar-refractivity contribution in [1.29, 1.82) is 0 Å². The minimum absolute atomic E-state index is 0.0333. The van der Waals surface area contributed by atoms with E-state index in [1.807, 2.05) is 53.3 Å². The van der Waals surface area contributed by atoms with E-state index in [0.717, 1.165) is 27.9 Å². The smallest absolute Gasteiger partial charge is 0.164 e. The van der Waals surface area contributed by atoms with E-state index in [4.69, 9.17) is 10.8 Å². The van der Waals surface area contributed by atoms with Crippen LogP contribution < -0.4 is 5.73 Å². The Morgan fingerprint density at radius 1 is 0.969 bits per heavy atom. The Bertz CT molecular complexity index is 1400. The number of carbonyl (C=O) groups excluding carboxylic acids is 1. The number of Topliss-reactive ketones (excluding diaryl/α,β-unsaturated/α-hetero) is 1. The number of ketones is 1. The van der Waals surface area contributed by atoms with Gasteiger partial charge in [-0.3, -0.25) is 9.48 Å². The molecule has 0 saturated heterocycles. The monoisotopic (exact) mass is 424 g/mol. The van der Waals surface area contributed by atoms with E-state index in [-0.39, 0.29) is 5.78 Å². The van der Waals surface area contributed by atoms with Crippen LogP contribution in [0.4, 0.5) is 5.82 Å². The third kappa shape index (κ3) is 3.60. The van der Waals surface area contributed by atoms with Crippen LogP contribution in [0, 0.1) is 0 Å². The molecule has 0 atom stereocenters. The largest absolute Gasteiger partial charge is 0.383 e. The van der Waals surface area contributed by atoms with Crippen molar-refractivity contribution in [1.82, 2.24) is 34.7 Å². The van der Waals surface area contributed by atoms with Gasteiger partial charge in [-0.2, -0.15) is 5.10 Å². The fraction of sp³-hybridized carbons (Fsp3) is 0.130. The first-order valence-corrected chi connectivity index (χ1v) is 10.1. The van der Waals surface area contributed by atoms with E-state index >= 15 is 0 Å². The summed E-state index contributed by atoms with van der Waals surface area (Å²) in [6.45, 7) is 2.63. The second kappa shape index (κ2) is 8.03. The molecule has 5 rings (SSSR count). The molecular weight excluding hydrogens is 404 g/mol. The number of aryl methyl sites for hydroxylation is 2. The van der Waals surface area contributed by atoms with Crippen molar-refractivity contribution >= 4 is 22.6 Å². The number of aromatic nitrogens is 7. The molecule has 0 aliphatic rings. The van der Waals surface area contributed by atoms with Crippen LogP contribution in [0.5, 0.6) is 0 Å². The molecule has 32 heavy (non-hydrogen) atoms. The Hall–Kier alpha value is -4.40. The molecule has 0 saturated carbocycles. The summed E-state index contributed by atoms with van der Waals surface area (Å²) in [7, 11) is 0. The molecule has 0 aliphatic carbocycles. The van der Waals surface area contributed by atoms with Crippen LogP contribution in [0.1, 0.15) is 17.3 Å². The van der Waals surface area contributed by atoms with Gasteiger partial charge < -0.3 is 5.73 Å². The zero-order valence-corrected chi connectivity index (χ0v) is 17.4. The number of anilines is 1. The molecule has 2 N–H and O–H groups in total. The van der Waals surface area contributed by atoms with Crippen LogP contribution in [0.25, 0.3) is 33.5 Å². The van der Waals surface area contributed by atoms with Crippen LogP contribution >= 0.6 is 0 Å². The molecule has 0 amide bonds. The molecule has 0 radical (unpaired) electrons. The van der Waals surface area contributed by atoms with Gasteiger partial charge in [0.25, 0.3) is 0 Å². The van der Waals surface area contributed by atoms with Gasteiger partial charge in [0.15, 0.2) is 11.4 Å². The Morgan fingerprint density at radius 3 is 2.50 bits per heavy atom. The Morgan fingerprint density at radius 2 is 1.75 bits per heavy atom. The number of hydrogen-bond acceptors (Lipinski definition) is 7. The first-order chi connectivity index (χ1) is 15.6. The fourth-order valence-corrected chi connectivity index (χ4v) is 3.60. The van der Waals surface area contributed by atoms with Crippen LogP contribution in [-0.4, -0.2) is 40.5 Å². The van der Waals surface area contributed by atoms with Gasteiger partial charge in [0.2, 0.25) is 0 Å². The summed E-state index contributed by atoms with van der Waals surface area (Å²) in [5.74, 6) is 0.433. The average molecular weight is 424 g/mol. The van der Waals surface area contributed by atoms with Crippen molar-refractivity contribution in [2.75, 3.05) is 5.73 Å². The first kappa shape index (κ1) is 19.6. The van der Waals surface area contributed by atoms with E-state index in [0.29, 0.717) is 30.1 Å². The zero-order valence-electron chi connectivity index (χ0n) is 17.4. The van der Waals surface area contributed by atoms with Crippen LogP contribution in [-0.2, 0) is 13.1 Å². The Labute approximate surface area is 183 Å². The maximum atomic E-state index is 11.5. The van der Waals surface area contributed by atoms with Crippen molar-refractivity contribution in [3.8, 4) is 22.5 Å². The number of nitrogens with zero attached hydrogens (tertiary/aromatic N) is 7. The highest BCUT2D eigenvalue weighted by molar-refractivity contribution is 5.98. The molecule has 158 valence electrons. The van der Waals surface area contributed by atoms with Crippen molar-refractivity contribution in [2.45, 2.75) is 20.0 Å². The second-order valence-electron chi connectivity index (χ2n) is 7.40. The summed E-state index contributed by atoms with van der Waals surface area (Å²) in [4.78, 5) is 20.0. The summed E-state index contributed by atoms with van der Waals surface area (Å²) in [6.07, 6.45) is 3.32. The number of rotatable bonds is 6. The molecule has 0 spiro atoms. The lowest BCUT2D eigenvalue weighted by atomic mass is 10.1. The lowest BCUT2D eigenvalue weighted by Crippen LogP contribution is -2.10. The third-order valence-corrected chi connectivity index (χ3v) is 5.27. The molecule has 0 bridgehead atoms. The summed E-state index contributed by atoms with van der Waals surface area (Å²) < 4.78 is 3.58. The van der Waals surface area contributed by atoms with Crippen molar-refractivity contribution in [3.63, 3.8) is 0 Å². The number of carbonyl (C=O) groups is 1. The third-order valence-electron chi connectivity index (χ3n) is 5.27. The molecule has 0 unspecified atom stereocenters. The van der Waals surface area contributed by atoms with E-state index in [1.165, 1.54) is 6.33 Å². The molecule has 9 heteroatoms. The minimum Gasteiger partial charge on any atom is -0.383 e. The lowest BCUT2D eigenvalue weighted by molar-refractivity contribution is 0.101. The normalized spacial score (nSPS) is 11.2. The topological polar surface area (TPSA) is 117 Å². The predicted octanol–water partition coefficient (Wildman–Crippen LogP) is 3.24. The van der Waals surface area contributed by atoms with E-state index in [1.54, 1.807) is 23.7 Å². The van der Waals surface area contributed by atoms with Gasteiger partial charge in [0, 0.05) is 16.7 Å². The van der Waals surface area contributed by atoms with Gasteiger partial charge in [-0.05, 0) is 6.92 Å². The standard InChI is InChI=1S/C23H20N8O/c1-15(32)16-7-9-17(10-8-16)19-13-30(29-27-19)11-12-31-23-20(22(24)25-14-26-23)21(28-31)18-5-3-2-4-6-18/h2-10,13-14H,11-12H2,1H3,(H2,24,25,26). The lowest BCUT2D eigenvalue weighted by Gasteiger charge is -2.03. The maximum Gasteiger partial charge on any atom is 0.164 e. The number of fused-ring (bicyclic) bond motifs is 1. The number of hydrogen-bond donors (Lipinski definition) is 1. The van der Waals surface area contributed by atoms with Crippen molar-refractivity contribution in [3.05, 3.63) is 72.7 Å². The Kier molecular flexibility index (Phi) is 4.91.